The van der Waals surface area contributed by atoms with Crippen LogP contribution in [-0.4, -0.2) is 5.92 Å². The molecule has 1 aromatic carbocycles. The van der Waals surface area contributed by atoms with Crippen molar-refractivity contribution < 1.29 is 8.78 Å². The van der Waals surface area contributed by atoms with Gasteiger partial charge in [0.25, 0.3) is 5.92 Å². The Morgan fingerprint density at radius 1 is 1.22 bits per heavy atom. The summed E-state index contributed by atoms with van der Waals surface area (Å²) in [5.74, 6) is -2.11. The van der Waals surface area contributed by atoms with Gasteiger partial charge in [0.2, 0.25) is 0 Å². The molecular formula is C15H17F2N. The Morgan fingerprint density at radius 2 is 1.78 bits per heavy atom. The number of nitrogens with zero attached hydrogens (tertiary/aromatic N) is 1. The second-order valence-corrected chi connectivity index (χ2v) is 5.70. The average Bonchev–Trinajstić information content (AvgIpc) is 2.25. The van der Waals surface area contributed by atoms with Crippen LogP contribution in [0.2, 0.25) is 0 Å². The normalized spacial score (nSPS) is 20.2. The van der Waals surface area contributed by atoms with Crippen LogP contribution in [0.1, 0.15) is 37.8 Å². The van der Waals surface area contributed by atoms with E-state index in [-0.39, 0.29) is 12.8 Å². The highest BCUT2D eigenvalue weighted by Gasteiger charge is 2.57. The molecule has 0 N–H and O–H groups in total. The summed E-state index contributed by atoms with van der Waals surface area (Å²) in [6, 6.07) is 9.62. The van der Waals surface area contributed by atoms with Gasteiger partial charge in [-0.25, -0.2) is 8.78 Å². The third-order valence-corrected chi connectivity index (χ3v) is 3.49. The summed E-state index contributed by atoms with van der Waals surface area (Å²) < 4.78 is 26.0. The van der Waals surface area contributed by atoms with Gasteiger partial charge in [-0.3, -0.25) is 0 Å². The average molecular weight is 249 g/mol. The van der Waals surface area contributed by atoms with E-state index in [2.05, 4.69) is 19.9 Å². The molecule has 0 bridgehead atoms. The van der Waals surface area contributed by atoms with Gasteiger partial charge in [0, 0.05) is 12.8 Å². The van der Waals surface area contributed by atoms with E-state index in [1.807, 2.05) is 24.3 Å². The minimum absolute atomic E-state index is 0.347. The van der Waals surface area contributed by atoms with Gasteiger partial charge in [0.15, 0.2) is 0 Å². The molecule has 1 aliphatic rings. The lowest BCUT2D eigenvalue weighted by molar-refractivity contribution is -0.109. The third-order valence-electron chi connectivity index (χ3n) is 3.49. The zero-order valence-corrected chi connectivity index (χ0v) is 10.7. The molecule has 0 atom stereocenters. The topological polar surface area (TPSA) is 23.8 Å². The maximum absolute atomic E-state index is 13.0. The fourth-order valence-electron chi connectivity index (χ4n) is 2.61. The maximum Gasteiger partial charge on any atom is 0.251 e. The minimum atomic E-state index is -2.67. The Bertz CT molecular complexity index is 460. The van der Waals surface area contributed by atoms with Crippen molar-refractivity contribution in [2.24, 2.45) is 5.92 Å². The summed E-state index contributed by atoms with van der Waals surface area (Å²) in [6.07, 6.45) is 0.274. The molecule has 96 valence electrons. The van der Waals surface area contributed by atoms with Gasteiger partial charge < -0.3 is 0 Å². The predicted molar refractivity (Wildman–Crippen MR) is 66.5 cm³/mol. The number of halogens is 2. The third kappa shape index (κ3) is 2.38. The molecule has 1 nitrogen and oxygen atoms in total. The predicted octanol–water partition coefficient (Wildman–Crippen LogP) is 4.08. The molecule has 0 aromatic heterocycles. The first-order valence-corrected chi connectivity index (χ1v) is 6.25. The minimum Gasteiger partial charge on any atom is -0.207 e. The van der Waals surface area contributed by atoms with Gasteiger partial charge in [0.05, 0.1) is 11.5 Å². The number of benzene rings is 1. The zero-order valence-electron chi connectivity index (χ0n) is 10.7. The molecule has 1 aromatic rings. The van der Waals surface area contributed by atoms with E-state index in [1.54, 1.807) is 0 Å². The van der Waals surface area contributed by atoms with Crippen LogP contribution in [0.4, 0.5) is 8.78 Å². The largest absolute Gasteiger partial charge is 0.251 e. The molecule has 1 fully saturated rings. The van der Waals surface area contributed by atoms with E-state index in [9.17, 15) is 8.78 Å². The highest BCUT2D eigenvalue weighted by Crippen LogP contribution is 2.52. The van der Waals surface area contributed by atoms with Gasteiger partial charge in [-0.05, 0) is 23.5 Å². The Morgan fingerprint density at radius 3 is 2.17 bits per heavy atom. The summed E-state index contributed by atoms with van der Waals surface area (Å²) in [7, 11) is 0. The Labute approximate surface area is 106 Å². The van der Waals surface area contributed by atoms with Crippen molar-refractivity contribution in [3.05, 3.63) is 35.4 Å². The van der Waals surface area contributed by atoms with Gasteiger partial charge in [-0.15, -0.1) is 0 Å². The van der Waals surface area contributed by atoms with Gasteiger partial charge >= 0.3 is 0 Å². The first-order chi connectivity index (χ1) is 8.37. The molecule has 0 aliphatic heterocycles. The Balaban J connectivity index is 2.17. The van der Waals surface area contributed by atoms with Crippen molar-refractivity contribution in [3.63, 3.8) is 0 Å². The van der Waals surface area contributed by atoms with Gasteiger partial charge in [-0.2, -0.15) is 5.26 Å². The van der Waals surface area contributed by atoms with Crippen LogP contribution in [0, 0.1) is 17.2 Å². The summed E-state index contributed by atoms with van der Waals surface area (Å²) in [5, 5.41) is 9.15. The van der Waals surface area contributed by atoms with Crippen molar-refractivity contribution in [2.75, 3.05) is 0 Å². The second kappa shape index (κ2) is 4.35. The summed E-state index contributed by atoms with van der Waals surface area (Å²) in [5.41, 5.74) is 0.941. The first kappa shape index (κ1) is 13.0. The number of hydrogen-bond acceptors (Lipinski definition) is 1. The SMILES string of the molecule is CC(C)Cc1ccc(C2(C#N)CC(F)(F)C2)cc1. The summed E-state index contributed by atoms with van der Waals surface area (Å²) in [6.45, 7) is 4.27. The van der Waals surface area contributed by atoms with Crippen LogP contribution in [0.15, 0.2) is 24.3 Å². The van der Waals surface area contributed by atoms with E-state index in [0.29, 0.717) is 5.92 Å². The molecule has 1 saturated carbocycles. The quantitative estimate of drug-likeness (QED) is 0.792. The smallest absolute Gasteiger partial charge is 0.207 e. The van der Waals surface area contributed by atoms with E-state index in [4.69, 9.17) is 5.26 Å². The number of rotatable bonds is 3. The lowest BCUT2D eigenvalue weighted by Crippen LogP contribution is -2.48. The number of nitriles is 1. The lowest BCUT2D eigenvalue weighted by Gasteiger charge is -2.42. The Kier molecular flexibility index (Phi) is 3.14. The second-order valence-electron chi connectivity index (χ2n) is 5.70. The summed E-state index contributed by atoms with van der Waals surface area (Å²) >= 11 is 0. The fourth-order valence-corrected chi connectivity index (χ4v) is 2.61. The number of hydrogen-bond donors (Lipinski definition) is 0. The molecule has 1 aliphatic carbocycles. The molecular weight excluding hydrogens is 232 g/mol. The van der Waals surface area contributed by atoms with Crippen LogP contribution < -0.4 is 0 Å². The molecule has 2 rings (SSSR count). The van der Waals surface area contributed by atoms with Crippen LogP contribution in [0.25, 0.3) is 0 Å². The highest BCUT2D eigenvalue weighted by molar-refractivity contribution is 5.39. The molecule has 0 amide bonds. The van der Waals surface area contributed by atoms with Crippen LogP contribution in [-0.2, 0) is 11.8 Å². The van der Waals surface area contributed by atoms with Crippen LogP contribution in [0.3, 0.4) is 0 Å². The van der Waals surface area contributed by atoms with E-state index in [1.165, 1.54) is 5.56 Å². The molecule has 0 spiro atoms. The Hall–Kier alpha value is -1.43. The van der Waals surface area contributed by atoms with E-state index >= 15 is 0 Å². The molecule has 0 saturated heterocycles. The van der Waals surface area contributed by atoms with Crippen molar-refractivity contribution >= 4 is 0 Å². The fraction of sp³-hybridized carbons (Fsp3) is 0.533. The standard InChI is InChI=1S/C15H17F2N/c1-11(2)7-12-3-5-13(6-4-12)14(10-18)8-15(16,17)9-14/h3-6,11H,7-9H2,1-2H3. The lowest BCUT2D eigenvalue weighted by atomic mass is 9.63. The molecule has 18 heavy (non-hydrogen) atoms. The van der Waals surface area contributed by atoms with E-state index in [0.717, 1.165) is 12.0 Å². The molecule has 0 radical (unpaired) electrons. The first-order valence-electron chi connectivity index (χ1n) is 6.25. The van der Waals surface area contributed by atoms with Gasteiger partial charge in [0.1, 0.15) is 0 Å². The van der Waals surface area contributed by atoms with Crippen molar-refractivity contribution in [1.82, 2.24) is 0 Å². The van der Waals surface area contributed by atoms with Crippen LogP contribution >= 0.6 is 0 Å². The van der Waals surface area contributed by atoms with Gasteiger partial charge in [-0.1, -0.05) is 38.1 Å². The van der Waals surface area contributed by atoms with Crippen molar-refractivity contribution in [2.45, 2.75) is 44.4 Å². The molecule has 3 heteroatoms. The molecule has 0 unspecified atom stereocenters. The highest BCUT2D eigenvalue weighted by atomic mass is 19.3. The summed E-state index contributed by atoms with van der Waals surface area (Å²) in [4.78, 5) is 0. The maximum atomic E-state index is 13.0. The van der Waals surface area contributed by atoms with E-state index < -0.39 is 11.3 Å². The van der Waals surface area contributed by atoms with Crippen LogP contribution in [0.5, 0.6) is 0 Å². The van der Waals surface area contributed by atoms with Crippen molar-refractivity contribution in [3.8, 4) is 6.07 Å². The zero-order chi connectivity index (χ0) is 13.4. The molecule has 0 heterocycles. The monoisotopic (exact) mass is 249 g/mol. The van der Waals surface area contributed by atoms with Crippen molar-refractivity contribution in [1.29, 1.82) is 5.26 Å². The number of alkyl halides is 2.